The van der Waals surface area contributed by atoms with E-state index in [4.69, 9.17) is 9.84 Å². The quantitative estimate of drug-likeness (QED) is 0.538. The van der Waals surface area contributed by atoms with Crippen LogP contribution in [0, 0.1) is 6.92 Å². The van der Waals surface area contributed by atoms with Crippen LogP contribution in [0.3, 0.4) is 0 Å². The van der Waals surface area contributed by atoms with E-state index in [9.17, 15) is 4.79 Å². The van der Waals surface area contributed by atoms with Gasteiger partial charge in [0, 0.05) is 12.6 Å². The molecule has 0 saturated carbocycles. The van der Waals surface area contributed by atoms with Crippen LogP contribution in [-0.2, 0) is 6.42 Å². The summed E-state index contributed by atoms with van der Waals surface area (Å²) in [5, 5.41) is 16.2. The van der Waals surface area contributed by atoms with E-state index in [-0.39, 0.29) is 18.6 Å². The molecule has 3 N–H and O–H groups in total. The molecule has 7 nitrogen and oxygen atoms in total. The van der Waals surface area contributed by atoms with E-state index in [1.807, 2.05) is 25.1 Å². The van der Waals surface area contributed by atoms with E-state index >= 15 is 0 Å². The van der Waals surface area contributed by atoms with Crippen molar-refractivity contribution in [1.82, 2.24) is 15.3 Å². The second kappa shape index (κ2) is 8.99. The second-order valence-electron chi connectivity index (χ2n) is 6.54. The summed E-state index contributed by atoms with van der Waals surface area (Å²) in [6.07, 6.45) is 2.32. The minimum Gasteiger partial charge on any atom is -0.497 e. The number of aliphatic hydroxyl groups excluding tert-OH is 1. The van der Waals surface area contributed by atoms with Gasteiger partial charge in [-0.25, -0.2) is 9.97 Å². The van der Waals surface area contributed by atoms with Crippen LogP contribution in [0.1, 0.15) is 27.7 Å². The molecule has 1 unspecified atom stereocenters. The highest BCUT2D eigenvalue weighted by molar-refractivity contribution is 7.20. The molecule has 0 spiro atoms. The molecule has 0 radical (unpaired) electrons. The average Bonchev–Trinajstić information content (AvgIpc) is 3.05. The lowest BCUT2D eigenvalue weighted by Gasteiger charge is -2.10. The van der Waals surface area contributed by atoms with E-state index in [0.717, 1.165) is 39.3 Å². The summed E-state index contributed by atoms with van der Waals surface area (Å²) in [5.74, 6) is 1.35. The lowest BCUT2D eigenvalue weighted by Crippen LogP contribution is -2.34. The number of hydrogen-bond acceptors (Lipinski definition) is 7. The number of methoxy groups -OCH3 is 1. The first kappa shape index (κ1) is 20.0. The van der Waals surface area contributed by atoms with Crippen molar-refractivity contribution in [2.45, 2.75) is 26.3 Å². The molecule has 0 aliphatic rings. The van der Waals surface area contributed by atoms with Crippen molar-refractivity contribution in [3.05, 3.63) is 46.6 Å². The van der Waals surface area contributed by atoms with Gasteiger partial charge in [-0.05, 0) is 43.5 Å². The van der Waals surface area contributed by atoms with Crippen LogP contribution in [0.4, 0.5) is 5.82 Å². The van der Waals surface area contributed by atoms with E-state index < -0.39 is 0 Å². The highest BCUT2D eigenvalue weighted by Crippen LogP contribution is 2.33. The number of hydrogen-bond donors (Lipinski definition) is 3. The SMILES string of the molecule is COc1cccc(CCNc2ncnc3sc(C(=O)NC(C)CO)c(C)c23)c1. The lowest BCUT2D eigenvalue weighted by atomic mass is 10.1. The number of carbonyl (C=O) groups excluding carboxylic acids is 1. The number of rotatable bonds is 8. The van der Waals surface area contributed by atoms with Gasteiger partial charge in [-0.3, -0.25) is 4.79 Å². The number of aliphatic hydroxyl groups is 1. The fourth-order valence-corrected chi connectivity index (χ4v) is 3.96. The Balaban J connectivity index is 1.77. The van der Waals surface area contributed by atoms with Gasteiger partial charge in [0.1, 0.15) is 22.7 Å². The summed E-state index contributed by atoms with van der Waals surface area (Å²) in [4.78, 5) is 22.5. The number of nitrogens with zero attached hydrogens (tertiary/aromatic N) is 2. The molecule has 1 amide bonds. The maximum atomic E-state index is 12.5. The van der Waals surface area contributed by atoms with Crippen LogP contribution < -0.4 is 15.4 Å². The summed E-state index contributed by atoms with van der Waals surface area (Å²) in [5.41, 5.74) is 2.00. The molecule has 0 aliphatic heterocycles. The summed E-state index contributed by atoms with van der Waals surface area (Å²) in [7, 11) is 1.66. The second-order valence-corrected chi connectivity index (χ2v) is 7.54. The number of aromatic nitrogens is 2. The lowest BCUT2D eigenvalue weighted by molar-refractivity contribution is 0.0926. The standard InChI is InChI=1S/C20H24N4O3S/c1-12(10-25)24-19(26)17-13(2)16-18(22-11-23-20(16)28-17)21-8-7-14-5-4-6-15(9-14)27-3/h4-6,9,11-12,25H,7-8,10H2,1-3H3,(H,24,26)(H,21,22,23). The number of ether oxygens (including phenoxy) is 1. The van der Waals surface area contributed by atoms with Gasteiger partial charge in [0.15, 0.2) is 0 Å². The minimum atomic E-state index is -0.302. The first-order chi connectivity index (χ1) is 13.5. The van der Waals surface area contributed by atoms with Crippen molar-refractivity contribution in [3.63, 3.8) is 0 Å². The van der Waals surface area contributed by atoms with Crippen molar-refractivity contribution < 1.29 is 14.6 Å². The molecule has 0 bridgehead atoms. The fraction of sp³-hybridized carbons (Fsp3) is 0.350. The predicted octanol–water partition coefficient (Wildman–Crippen LogP) is 2.77. The van der Waals surface area contributed by atoms with Crippen molar-refractivity contribution in [2.75, 3.05) is 25.6 Å². The molecule has 1 atom stereocenters. The third-order valence-corrected chi connectivity index (χ3v) is 5.62. The number of fused-ring (bicyclic) bond motifs is 1. The van der Waals surface area contributed by atoms with Crippen LogP contribution in [0.15, 0.2) is 30.6 Å². The van der Waals surface area contributed by atoms with E-state index in [0.29, 0.717) is 11.4 Å². The molecule has 28 heavy (non-hydrogen) atoms. The Labute approximate surface area is 167 Å². The molecule has 0 saturated heterocycles. The Morgan fingerprint density at radius 2 is 2.18 bits per heavy atom. The number of benzene rings is 1. The van der Waals surface area contributed by atoms with Gasteiger partial charge in [-0.1, -0.05) is 12.1 Å². The number of carbonyl (C=O) groups is 1. The maximum absolute atomic E-state index is 12.5. The number of amides is 1. The zero-order valence-electron chi connectivity index (χ0n) is 16.2. The summed E-state index contributed by atoms with van der Waals surface area (Å²) >= 11 is 1.33. The average molecular weight is 401 g/mol. The highest BCUT2D eigenvalue weighted by atomic mass is 32.1. The van der Waals surface area contributed by atoms with Crippen LogP contribution in [0.5, 0.6) is 5.75 Å². The van der Waals surface area contributed by atoms with Gasteiger partial charge in [-0.2, -0.15) is 0 Å². The molecule has 2 heterocycles. The number of thiophene rings is 1. The number of aryl methyl sites for hydroxylation is 1. The smallest absolute Gasteiger partial charge is 0.262 e. The molecule has 148 valence electrons. The van der Waals surface area contributed by atoms with Crippen LogP contribution in [0.25, 0.3) is 10.2 Å². The molecule has 3 rings (SSSR count). The Morgan fingerprint density at radius 1 is 1.36 bits per heavy atom. The first-order valence-corrected chi connectivity index (χ1v) is 9.87. The summed E-state index contributed by atoms with van der Waals surface area (Å²) in [6.45, 7) is 4.24. The van der Waals surface area contributed by atoms with Crippen molar-refractivity contribution in [2.24, 2.45) is 0 Å². The summed E-state index contributed by atoms with van der Waals surface area (Å²) in [6, 6.07) is 7.66. The zero-order chi connectivity index (χ0) is 20.1. The molecule has 0 fully saturated rings. The fourth-order valence-electron chi connectivity index (χ4n) is 2.91. The van der Waals surface area contributed by atoms with Gasteiger partial charge in [-0.15, -0.1) is 11.3 Å². The largest absolute Gasteiger partial charge is 0.497 e. The third-order valence-electron chi connectivity index (χ3n) is 4.42. The van der Waals surface area contributed by atoms with Crippen molar-refractivity contribution >= 4 is 33.3 Å². The molecule has 0 aliphatic carbocycles. The number of nitrogens with one attached hydrogen (secondary N) is 2. The van der Waals surface area contributed by atoms with E-state index in [1.165, 1.54) is 17.7 Å². The van der Waals surface area contributed by atoms with E-state index in [1.54, 1.807) is 14.0 Å². The van der Waals surface area contributed by atoms with Crippen molar-refractivity contribution in [3.8, 4) is 5.75 Å². The Kier molecular flexibility index (Phi) is 6.43. The first-order valence-electron chi connectivity index (χ1n) is 9.06. The minimum absolute atomic E-state index is 0.105. The van der Waals surface area contributed by atoms with Crippen molar-refractivity contribution in [1.29, 1.82) is 0 Å². The Morgan fingerprint density at radius 3 is 2.93 bits per heavy atom. The summed E-state index contributed by atoms with van der Waals surface area (Å²) < 4.78 is 5.26. The normalized spacial score (nSPS) is 12.0. The monoisotopic (exact) mass is 400 g/mol. The van der Waals surface area contributed by atoms with Gasteiger partial charge in [0.25, 0.3) is 5.91 Å². The Bertz CT molecular complexity index is 973. The van der Waals surface area contributed by atoms with Crippen LogP contribution >= 0.6 is 11.3 Å². The Hall–Kier alpha value is -2.71. The van der Waals surface area contributed by atoms with Gasteiger partial charge >= 0.3 is 0 Å². The van der Waals surface area contributed by atoms with Crippen LogP contribution in [0.2, 0.25) is 0 Å². The molecular weight excluding hydrogens is 376 g/mol. The third kappa shape index (κ3) is 4.40. The highest BCUT2D eigenvalue weighted by Gasteiger charge is 2.20. The maximum Gasteiger partial charge on any atom is 0.262 e. The van der Waals surface area contributed by atoms with Gasteiger partial charge in [0.2, 0.25) is 0 Å². The van der Waals surface area contributed by atoms with Gasteiger partial charge in [0.05, 0.1) is 24.0 Å². The van der Waals surface area contributed by atoms with E-state index in [2.05, 4.69) is 26.7 Å². The molecule has 8 heteroatoms. The zero-order valence-corrected chi connectivity index (χ0v) is 17.0. The van der Waals surface area contributed by atoms with Crippen LogP contribution in [-0.4, -0.2) is 47.3 Å². The molecule has 3 aromatic rings. The molecule has 1 aromatic carbocycles. The predicted molar refractivity (Wildman–Crippen MR) is 111 cm³/mol. The molecular formula is C20H24N4O3S. The number of anilines is 1. The molecule has 2 aromatic heterocycles. The topological polar surface area (TPSA) is 96.4 Å². The van der Waals surface area contributed by atoms with Gasteiger partial charge < -0.3 is 20.5 Å².